The van der Waals surface area contributed by atoms with Gasteiger partial charge in [0.1, 0.15) is 16.5 Å². The van der Waals surface area contributed by atoms with Gasteiger partial charge in [-0.3, -0.25) is 14.5 Å². The van der Waals surface area contributed by atoms with Gasteiger partial charge in [-0.15, -0.1) is 0 Å². The molecule has 0 aliphatic carbocycles. The second-order valence-corrected chi connectivity index (χ2v) is 6.98. The van der Waals surface area contributed by atoms with E-state index < -0.39 is 29.7 Å². The Balaban J connectivity index is 1.98. The van der Waals surface area contributed by atoms with E-state index in [-0.39, 0.29) is 27.7 Å². The van der Waals surface area contributed by atoms with Crippen LogP contribution in [0.4, 0.5) is 17.6 Å². The van der Waals surface area contributed by atoms with Crippen molar-refractivity contribution < 1.29 is 27.1 Å². The minimum absolute atomic E-state index is 0.0994. The fourth-order valence-corrected chi connectivity index (χ4v) is 3.33. The standard InChI is InChI=1S/C18H13Cl2F4N3O3/c1-25-16(30-17(29)18(22,23)24)10-5-8(2-3-12(10)21)4-9-7-26-15(28)13-6-11(19)14(20)27(9)13/h2-3,5-7,16,25H,4H2,1H3,(H,26,28). The third-order valence-electron chi connectivity index (χ3n) is 4.23. The first-order valence-corrected chi connectivity index (χ1v) is 9.09. The van der Waals surface area contributed by atoms with Crippen molar-refractivity contribution in [1.29, 1.82) is 0 Å². The maximum Gasteiger partial charge on any atom is 0.490 e. The van der Waals surface area contributed by atoms with Gasteiger partial charge in [0.2, 0.25) is 0 Å². The lowest BCUT2D eigenvalue weighted by atomic mass is 10.0. The molecule has 2 N–H and O–H groups in total. The number of hydrogen-bond acceptors (Lipinski definition) is 4. The Hall–Kier alpha value is -2.56. The zero-order valence-electron chi connectivity index (χ0n) is 15.1. The number of H-pyrrole nitrogens is 1. The molecule has 0 saturated heterocycles. The number of carbonyl (C=O) groups is 1. The predicted octanol–water partition coefficient (Wildman–Crippen LogP) is 3.99. The average Bonchev–Trinajstić information content (AvgIpc) is 2.98. The van der Waals surface area contributed by atoms with E-state index in [2.05, 4.69) is 15.0 Å². The summed E-state index contributed by atoms with van der Waals surface area (Å²) in [6.45, 7) is 0. The van der Waals surface area contributed by atoms with Crippen molar-refractivity contribution in [3.05, 3.63) is 73.6 Å². The summed E-state index contributed by atoms with van der Waals surface area (Å²) in [5.41, 5.74) is 0.389. The average molecular weight is 466 g/mol. The van der Waals surface area contributed by atoms with E-state index in [4.69, 9.17) is 23.2 Å². The fourth-order valence-electron chi connectivity index (χ4n) is 2.89. The molecule has 3 rings (SSSR count). The van der Waals surface area contributed by atoms with E-state index in [1.165, 1.54) is 35.8 Å². The molecule has 2 aromatic heterocycles. The highest BCUT2D eigenvalue weighted by Gasteiger charge is 2.42. The molecule has 0 aliphatic heterocycles. The summed E-state index contributed by atoms with van der Waals surface area (Å²) in [7, 11) is 1.22. The normalized spacial score (nSPS) is 12.9. The lowest BCUT2D eigenvalue weighted by Gasteiger charge is -2.19. The number of nitrogens with one attached hydrogen (secondary N) is 2. The molecule has 0 fully saturated rings. The molecule has 1 atom stereocenters. The van der Waals surface area contributed by atoms with Crippen LogP contribution in [-0.4, -0.2) is 28.6 Å². The van der Waals surface area contributed by atoms with Crippen molar-refractivity contribution in [1.82, 2.24) is 14.7 Å². The number of esters is 1. The lowest BCUT2D eigenvalue weighted by molar-refractivity contribution is -0.206. The smallest absolute Gasteiger partial charge is 0.435 e. The predicted molar refractivity (Wildman–Crippen MR) is 101 cm³/mol. The Kier molecular flexibility index (Phi) is 6.11. The molecule has 6 nitrogen and oxygen atoms in total. The molecule has 1 unspecified atom stereocenters. The number of aromatic nitrogens is 2. The number of halogens is 6. The molecule has 12 heteroatoms. The number of rotatable bonds is 5. The minimum Gasteiger partial charge on any atom is -0.435 e. The zero-order valence-corrected chi connectivity index (χ0v) is 16.6. The molecular formula is C18H13Cl2F4N3O3. The number of ether oxygens (including phenoxy) is 1. The summed E-state index contributed by atoms with van der Waals surface area (Å²) in [5.74, 6) is -3.33. The molecule has 160 valence electrons. The van der Waals surface area contributed by atoms with Crippen LogP contribution in [0.5, 0.6) is 0 Å². The largest absolute Gasteiger partial charge is 0.490 e. The number of aromatic amines is 1. The van der Waals surface area contributed by atoms with Gasteiger partial charge in [0, 0.05) is 23.9 Å². The summed E-state index contributed by atoms with van der Waals surface area (Å²) in [6, 6.07) is 5.06. The molecule has 0 spiro atoms. The first kappa shape index (κ1) is 22.1. The molecule has 1 aromatic carbocycles. The van der Waals surface area contributed by atoms with Crippen LogP contribution in [0.25, 0.3) is 5.52 Å². The van der Waals surface area contributed by atoms with E-state index in [9.17, 15) is 27.2 Å². The summed E-state index contributed by atoms with van der Waals surface area (Å²) in [6.07, 6.45) is -5.40. The second kappa shape index (κ2) is 8.29. The van der Waals surface area contributed by atoms with Gasteiger partial charge in [-0.05, 0) is 30.8 Å². The van der Waals surface area contributed by atoms with Gasteiger partial charge < -0.3 is 9.72 Å². The van der Waals surface area contributed by atoms with E-state index in [1.54, 1.807) is 0 Å². The van der Waals surface area contributed by atoms with Crippen molar-refractivity contribution in [3.63, 3.8) is 0 Å². The van der Waals surface area contributed by atoms with Gasteiger partial charge in [0.05, 0.1) is 5.02 Å². The Labute approximate surface area is 176 Å². The van der Waals surface area contributed by atoms with Crippen molar-refractivity contribution in [2.24, 2.45) is 0 Å². The highest BCUT2D eigenvalue weighted by molar-refractivity contribution is 6.42. The topological polar surface area (TPSA) is 75.6 Å². The molecule has 3 aromatic rings. The number of hydrogen-bond donors (Lipinski definition) is 2. The molecule has 2 heterocycles. The van der Waals surface area contributed by atoms with Crippen LogP contribution in [0.15, 0.2) is 35.3 Å². The third-order valence-corrected chi connectivity index (χ3v) is 4.99. The van der Waals surface area contributed by atoms with Crippen LogP contribution < -0.4 is 10.9 Å². The molecule has 30 heavy (non-hydrogen) atoms. The van der Waals surface area contributed by atoms with Crippen LogP contribution in [0.1, 0.15) is 23.0 Å². The summed E-state index contributed by atoms with van der Waals surface area (Å²) in [5, 5.41) is 2.58. The highest BCUT2D eigenvalue weighted by atomic mass is 35.5. The molecule has 0 radical (unpaired) electrons. The van der Waals surface area contributed by atoms with E-state index in [1.807, 2.05) is 0 Å². The van der Waals surface area contributed by atoms with Crippen LogP contribution in [-0.2, 0) is 16.0 Å². The van der Waals surface area contributed by atoms with Crippen molar-refractivity contribution in [3.8, 4) is 0 Å². The van der Waals surface area contributed by atoms with Gasteiger partial charge in [-0.1, -0.05) is 29.3 Å². The van der Waals surface area contributed by atoms with Crippen molar-refractivity contribution in [2.75, 3.05) is 7.05 Å². The van der Waals surface area contributed by atoms with Gasteiger partial charge >= 0.3 is 12.1 Å². The maximum atomic E-state index is 14.3. The summed E-state index contributed by atoms with van der Waals surface area (Å²) in [4.78, 5) is 25.6. The van der Waals surface area contributed by atoms with Crippen LogP contribution in [0, 0.1) is 5.82 Å². The molecule has 0 aliphatic rings. The Bertz CT molecular complexity index is 1170. The highest BCUT2D eigenvalue weighted by Crippen LogP contribution is 2.28. The van der Waals surface area contributed by atoms with Crippen molar-refractivity contribution in [2.45, 2.75) is 18.8 Å². The summed E-state index contributed by atoms with van der Waals surface area (Å²) >= 11 is 12.1. The Morgan fingerprint density at radius 3 is 2.63 bits per heavy atom. The Morgan fingerprint density at radius 2 is 2.00 bits per heavy atom. The second-order valence-electron chi connectivity index (χ2n) is 6.22. The van der Waals surface area contributed by atoms with Gasteiger partial charge in [0.15, 0.2) is 6.23 Å². The maximum absolute atomic E-state index is 14.3. The van der Waals surface area contributed by atoms with E-state index in [0.717, 1.165) is 6.07 Å². The third kappa shape index (κ3) is 4.30. The first-order chi connectivity index (χ1) is 14.0. The van der Waals surface area contributed by atoms with Crippen LogP contribution in [0.2, 0.25) is 10.2 Å². The van der Waals surface area contributed by atoms with Gasteiger partial charge in [0.25, 0.3) is 5.56 Å². The number of benzene rings is 1. The van der Waals surface area contributed by atoms with Gasteiger partial charge in [-0.25, -0.2) is 9.18 Å². The van der Waals surface area contributed by atoms with Gasteiger partial charge in [-0.2, -0.15) is 13.2 Å². The van der Waals surface area contributed by atoms with Crippen LogP contribution in [0.3, 0.4) is 0 Å². The number of fused-ring (bicyclic) bond motifs is 1. The lowest BCUT2D eigenvalue weighted by Crippen LogP contribution is -2.32. The SMILES string of the molecule is CNC(OC(=O)C(F)(F)F)c1cc(Cc2c[nH]c(=O)c3cc(Cl)c(Cl)n23)ccc1F. The van der Waals surface area contributed by atoms with E-state index in [0.29, 0.717) is 11.3 Å². The first-order valence-electron chi connectivity index (χ1n) is 8.33. The quantitative estimate of drug-likeness (QED) is 0.339. The molecular weight excluding hydrogens is 453 g/mol. The zero-order chi connectivity index (χ0) is 22.2. The molecule has 0 amide bonds. The monoisotopic (exact) mass is 465 g/mol. The number of alkyl halides is 3. The summed E-state index contributed by atoms with van der Waals surface area (Å²) < 4.78 is 57.5. The fraction of sp³-hybridized carbons (Fsp3) is 0.222. The number of carbonyl (C=O) groups excluding carboxylic acids is 1. The number of nitrogens with zero attached hydrogens (tertiary/aromatic N) is 1. The van der Waals surface area contributed by atoms with Crippen molar-refractivity contribution >= 4 is 34.7 Å². The van der Waals surface area contributed by atoms with Crippen LogP contribution >= 0.6 is 23.2 Å². The van der Waals surface area contributed by atoms with E-state index >= 15 is 0 Å². The minimum atomic E-state index is -5.23. The molecule has 0 saturated carbocycles. The Morgan fingerprint density at radius 1 is 1.30 bits per heavy atom. The molecule has 0 bridgehead atoms.